The first-order chi connectivity index (χ1) is 16.1. The van der Waals surface area contributed by atoms with E-state index in [-0.39, 0.29) is 17.5 Å². The van der Waals surface area contributed by atoms with Crippen molar-refractivity contribution in [2.45, 2.75) is 89.1 Å². The summed E-state index contributed by atoms with van der Waals surface area (Å²) in [5.41, 5.74) is 3.20. The quantitative estimate of drug-likeness (QED) is 0.486. The van der Waals surface area contributed by atoms with E-state index < -0.39 is 0 Å². The minimum atomic E-state index is -0.340. The summed E-state index contributed by atoms with van der Waals surface area (Å²) in [7, 11) is 0. The molecular formula is C29H40O4. The second kappa shape index (κ2) is 8.70. The zero-order chi connectivity index (χ0) is 22.5. The fourth-order valence-electron chi connectivity index (χ4n) is 8.38. The maximum atomic E-state index is 6.39. The van der Waals surface area contributed by atoms with E-state index in [2.05, 4.69) is 37.8 Å². The molecule has 180 valence electrons. The Morgan fingerprint density at radius 2 is 2.00 bits per heavy atom. The van der Waals surface area contributed by atoms with Gasteiger partial charge in [-0.05, 0) is 98.3 Å². The van der Waals surface area contributed by atoms with Crippen LogP contribution in [0.4, 0.5) is 0 Å². The third kappa shape index (κ3) is 3.59. The number of aryl methyl sites for hydroxylation is 1. The van der Waals surface area contributed by atoms with Crippen molar-refractivity contribution in [1.29, 1.82) is 0 Å². The summed E-state index contributed by atoms with van der Waals surface area (Å²) in [6.07, 6.45) is 13.6. The average Bonchev–Trinajstić information content (AvgIpc) is 3.43. The van der Waals surface area contributed by atoms with Gasteiger partial charge < -0.3 is 18.9 Å². The lowest BCUT2D eigenvalue weighted by molar-refractivity contribution is -0.242. The zero-order valence-corrected chi connectivity index (χ0v) is 20.2. The Bertz CT molecular complexity index is 868. The maximum Gasteiger partial charge on any atom is 0.199 e. The van der Waals surface area contributed by atoms with Gasteiger partial charge in [-0.2, -0.15) is 0 Å². The highest BCUT2D eigenvalue weighted by Crippen LogP contribution is 2.68. The monoisotopic (exact) mass is 452 g/mol. The second-order valence-corrected chi connectivity index (χ2v) is 11.3. The molecule has 0 radical (unpaired) electrons. The summed E-state index contributed by atoms with van der Waals surface area (Å²) >= 11 is 0. The number of allylic oxidation sites excluding steroid dienone is 1. The molecule has 2 heterocycles. The number of hydrogen-bond acceptors (Lipinski definition) is 4. The maximum absolute atomic E-state index is 6.39. The molecule has 0 N–H and O–H groups in total. The molecule has 3 aliphatic carbocycles. The van der Waals surface area contributed by atoms with E-state index >= 15 is 0 Å². The highest BCUT2D eigenvalue weighted by Gasteiger charge is 2.66. The van der Waals surface area contributed by atoms with Gasteiger partial charge in [0.05, 0.1) is 19.8 Å². The van der Waals surface area contributed by atoms with Crippen molar-refractivity contribution in [3.8, 4) is 5.75 Å². The van der Waals surface area contributed by atoms with Crippen LogP contribution >= 0.6 is 0 Å². The van der Waals surface area contributed by atoms with Crippen LogP contribution in [0.5, 0.6) is 5.75 Å². The lowest BCUT2D eigenvalue weighted by Crippen LogP contribution is -2.54. The fourth-order valence-corrected chi connectivity index (χ4v) is 8.38. The molecule has 2 saturated carbocycles. The van der Waals surface area contributed by atoms with E-state index in [0.29, 0.717) is 23.7 Å². The van der Waals surface area contributed by atoms with Gasteiger partial charge in [0.15, 0.2) is 12.1 Å². The minimum absolute atomic E-state index is 0.0787. The molecule has 4 fully saturated rings. The first-order valence-electron chi connectivity index (χ1n) is 13.4. The molecule has 6 rings (SSSR count). The normalized spacial score (nSPS) is 39.0. The smallest absolute Gasteiger partial charge is 0.199 e. The predicted octanol–water partition coefficient (Wildman–Crippen LogP) is 6.38. The molecule has 5 aliphatic rings. The molecule has 1 aromatic rings. The van der Waals surface area contributed by atoms with E-state index in [4.69, 9.17) is 18.9 Å². The van der Waals surface area contributed by atoms with Gasteiger partial charge in [0.2, 0.25) is 0 Å². The van der Waals surface area contributed by atoms with Crippen LogP contribution in [0.1, 0.15) is 81.8 Å². The Labute approximate surface area is 199 Å². The molecule has 1 aromatic carbocycles. The summed E-state index contributed by atoms with van der Waals surface area (Å²) in [4.78, 5) is 0. The van der Waals surface area contributed by atoms with Gasteiger partial charge in [-0.15, -0.1) is 6.58 Å². The minimum Gasteiger partial charge on any atom is -0.465 e. The molecule has 4 unspecified atom stereocenters. The molecule has 4 nitrogen and oxygen atoms in total. The third-order valence-corrected chi connectivity index (χ3v) is 9.77. The zero-order valence-electron chi connectivity index (χ0n) is 20.2. The summed E-state index contributed by atoms with van der Waals surface area (Å²) in [5.74, 6) is 3.31. The molecule has 33 heavy (non-hydrogen) atoms. The fraction of sp³-hybridized carbons (Fsp3) is 0.724. The molecule has 2 saturated heterocycles. The Balaban J connectivity index is 1.30. The highest BCUT2D eigenvalue weighted by molar-refractivity contribution is 5.41. The van der Waals surface area contributed by atoms with Crippen molar-refractivity contribution in [2.75, 3.05) is 19.8 Å². The van der Waals surface area contributed by atoms with Gasteiger partial charge in [0.1, 0.15) is 5.75 Å². The summed E-state index contributed by atoms with van der Waals surface area (Å²) in [6.45, 7) is 8.85. The molecule has 0 bridgehead atoms. The van der Waals surface area contributed by atoms with Crippen LogP contribution < -0.4 is 4.74 Å². The first kappa shape index (κ1) is 22.1. The molecule has 1 spiro atoms. The van der Waals surface area contributed by atoms with Crippen molar-refractivity contribution in [1.82, 2.24) is 0 Å². The van der Waals surface area contributed by atoms with Gasteiger partial charge in [-0.1, -0.05) is 19.1 Å². The van der Waals surface area contributed by atoms with Crippen LogP contribution in [-0.4, -0.2) is 31.9 Å². The molecule has 0 amide bonds. The van der Waals surface area contributed by atoms with Gasteiger partial charge >= 0.3 is 0 Å². The van der Waals surface area contributed by atoms with E-state index in [1.165, 1.54) is 37.7 Å². The average molecular weight is 453 g/mol. The summed E-state index contributed by atoms with van der Waals surface area (Å²) in [6, 6.07) is 6.92. The first-order valence-corrected chi connectivity index (χ1v) is 13.4. The number of fused-ring (bicyclic) bond motifs is 6. The SMILES string of the molecule is C=CCC[C@H]1C[C@@]2(C)C(CCC23OCCO3)C2CCc3cc(OC4CCCCO4)ccc3C21. The van der Waals surface area contributed by atoms with Gasteiger partial charge in [-0.25, -0.2) is 0 Å². The van der Waals surface area contributed by atoms with Crippen LogP contribution in [0.25, 0.3) is 0 Å². The largest absolute Gasteiger partial charge is 0.465 e. The van der Waals surface area contributed by atoms with E-state index in [1.54, 1.807) is 5.56 Å². The van der Waals surface area contributed by atoms with Crippen LogP contribution in [0.2, 0.25) is 0 Å². The standard InChI is InChI=1S/C29H40O4/c1-3-4-7-21-19-28(2)25(13-14-29(28)31-16-17-32-29)24-11-9-20-18-22(10-12-23(20)27(21)24)33-26-8-5-6-15-30-26/h3,10,12,18,21,24-27H,1,4-9,11,13-17,19H2,2H3/t21-,24?,25?,26?,27?,28-/m0/s1. The van der Waals surface area contributed by atoms with Crippen LogP contribution in [0.15, 0.2) is 30.9 Å². The Kier molecular flexibility index (Phi) is 5.83. The molecule has 4 heteroatoms. The molecule has 0 aromatic heterocycles. The highest BCUT2D eigenvalue weighted by atomic mass is 16.7. The topological polar surface area (TPSA) is 36.9 Å². The van der Waals surface area contributed by atoms with Crippen LogP contribution in [0, 0.1) is 23.2 Å². The third-order valence-electron chi connectivity index (χ3n) is 9.77. The lowest BCUT2D eigenvalue weighted by Gasteiger charge is -2.56. The van der Waals surface area contributed by atoms with Crippen molar-refractivity contribution < 1.29 is 18.9 Å². The van der Waals surface area contributed by atoms with Gasteiger partial charge in [-0.3, -0.25) is 0 Å². The Morgan fingerprint density at radius 1 is 1.12 bits per heavy atom. The van der Waals surface area contributed by atoms with Crippen molar-refractivity contribution in [3.63, 3.8) is 0 Å². The number of rotatable bonds is 5. The predicted molar refractivity (Wildman–Crippen MR) is 128 cm³/mol. The summed E-state index contributed by atoms with van der Waals surface area (Å²) in [5, 5.41) is 0. The Hall–Kier alpha value is -1.36. The van der Waals surface area contributed by atoms with Gasteiger partial charge in [0, 0.05) is 18.3 Å². The molecule has 2 aliphatic heterocycles. The van der Waals surface area contributed by atoms with E-state index in [9.17, 15) is 0 Å². The van der Waals surface area contributed by atoms with Gasteiger partial charge in [0.25, 0.3) is 0 Å². The number of ether oxygens (including phenoxy) is 4. The Morgan fingerprint density at radius 3 is 2.79 bits per heavy atom. The van der Waals surface area contributed by atoms with E-state index in [0.717, 1.165) is 57.7 Å². The van der Waals surface area contributed by atoms with Crippen LogP contribution in [0.3, 0.4) is 0 Å². The summed E-state index contributed by atoms with van der Waals surface area (Å²) < 4.78 is 24.8. The number of hydrogen-bond donors (Lipinski definition) is 0. The number of benzene rings is 1. The van der Waals surface area contributed by atoms with Crippen molar-refractivity contribution in [3.05, 3.63) is 42.0 Å². The van der Waals surface area contributed by atoms with Crippen molar-refractivity contribution in [2.24, 2.45) is 23.2 Å². The van der Waals surface area contributed by atoms with E-state index in [1.807, 2.05) is 0 Å². The van der Waals surface area contributed by atoms with Crippen molar-refractivity contribution >= 4 is 0 Å². The second-order valence-electron chi connectivity index (χ2n) is 11.3. The molecular weight excluding hydrogens is 412 g/mol. The molecule has 6 atom stereocenters. The lowest BCUT2D eigenvalue weighted by atomic mass is 9.50. The van der Waals surface area contributed by atoms with Crippen LogP contribution in [-0.2, 0) is 20.6 Å².